The molecule has 134 valence electrons. The minimum absolute atomic E-state index is 0.0323. The lowest BCUT2D eigenvalue weighted by molar-refractivity contribution is -0.126. The number of hydrogen-bond acceptors (Lipinski definition) is 4. The van der Waals surface area contributed by atoms with Crippen LogP contribution in [0.2, 0.25) is 5.02 Å². The predicted octanol–water partition coefficient (Wildman–Crippen LogP) is 2.27. The fourth-order valence-corrected chi connectivity index (χ4v) is 4.61. The molecule has 1 fully saturated rings. The molecule has 0 aliphatic carbocycles. The van der Waals surface area contributed by atoms with Gasteiger partial charge in [-0.2, -0.15) is 4.31 Å². The number of nitrogens with one attached hydrogen (secondary N) is 1. The average Bonchev–Trinajstić information content (AvgIpc) is 2.54. The smallest absolute Gasteiger partial charge is 0.243 e. The topological polar surface area (TPSA) is 75.7 Å². The molecule has 1 aromatic carbocycles. The van der Waals surface area contributed by atoms with Crippen LogP contribution >= 0.6 is 11.6 Å². The number of benzene rings is 1. The van der Waals surface area contributed by atoms with Gasteiger partial charge in [-0.05, 0) is 44.9 Å². The monoisotopic (exact) mass is 374 g/mol. The summed E-state index contributed by atoms with van der Waals surface area (Å²) in [6.07, 6.45) is 1.34. The maximum Gasteiger partial charge on any atom is 0.243 e. The van der Waals surface area contributed by atoms with Crippen molar-refractivity contribution in [3.63, 3.8) is 0 Å². The fraction of sp³-hybridized carbons (Fsp3) is 0.562. The van der Waals surface area contributed by atoms with Crippen molar-refractivity contribution in [2.75, 3.05) is 20.2 Å². The molecule has 1 N–H and O–H groups in total. The zero-order valence-corrected chi connectivity index (χ0v) is 15.7. The Labute approximate surface area is 148 Å². The van der Waals surface area contributed by atoms with Crippen molar-refractivity contribution in [3.8, 4) is 5.75 Å². The number of methoxy groups -OCH3 is 1. The zero-order valence-electron chi connectivity index (χ0n) is 14.1. The Morgan fingerprint density at radius 2 is 2.12 bits per heavy atom. The maximum absolute atomic E-state index is 12.8. The highest BCUT2D eigenvalue weighted by atomic mass is 35.5. The molecule has 2 rings (SSSR count). The summed E-state index contributed by atoms with van der Waals surface area (Å²) >= 11 is 6.04. The van der Waals surface area contributed by atoms with Gasteiger partial charge in [0, 0.05) is 19.1 Å². The molecule has 1 aromatic rings. The number of halogens is 1. The number of sulfonamides is 1. The van der Waals surface area contributed by atoms with Gasteiger partial charge in [0.2, 0.25) is 15.9 Å². The first-order valence-electron chi connectivity index (χ1n) is 7.89. The van der Waals surface area contributed by atoms with E-state index in [1.54, 1.807) is 0 Å². The van der Waals surface area contributed by atoms with Crippen molar-refractivity contribution in [1.29, 1.82) is 0 Å². The van der Waals surface area contributed by atoms with Crippen LogP contribution in [0.1, 0.15) is 26.7 Å². The molecule has 0 spiro atoms. The minimum Gasteiger partial charge on any atom is -0.495 e. The molecule has 0 radical (unpaired) electrons. The third-order valence-electron chi connectivity index (χ3n) is 3.95. The molecule has 8 heteroatoms. The second kappa shape index (κ2) is 7.72. The van der Waals surface area contributed by atoms with Crippen LogP contribution in [-0.4, -0.2) is 44.9 Å². The Balaban J connectivity index is 2.19. The van der Waals surface area contributed by atoms with Gasteiger partial charge in [0.25, 0.3) is 0 Å². The summed E-state index contributed by atoms with van der Waals surface area (Å²) in [7, 11) is -2.22. The number of amides is 1. The molecule has 1 heterocycles. The molecule has 1 aliphatic heterocycles. The molecule has 1 atom stereocenters. The van der Waals surface area contributed by atoms with Crippen LogP contribution in [0.4, 0.5) is 0 Å². The Hall–Kier alpha value is -1.31. The first kappa shape index (κ1) is 19.0. The Kier molecular flexibility index (Phi) is 6.11. The zero-order chi connectivity index (χ0) is 17.9. The predicted molar refractivity (Wildman–Crippen MR) is 92.8 cm³/mol. The van der Waals surface area contributed by atoms with Crippen LogP contribution in [0.15, 0.2) is 23.1 Å². The van der Waals surface area contributed by atoms with Gasteiger partial charge in [0.1, 0.15) is 5.75 Å². The largest absolute Gasteiger partial charge is 0.495 e. The highest BCUT2D eigenvalue weighted by Gasteiger charge is 2.33. The first-order chi connectivity index (χ1) is 11.3. The summed E-state index contributed by atoms with van der Waals surface area (Å²) < 4.78 is 32.1. The minimum atomic E-state index is -3.69. The standard InChI is InChI=1S/C16H23ClN2O4S/c1-11(2)18-16(20)12-5-4-8-19(10-12)24(21,22)13-6-7-15(23-3)14(17)9-13/h6-7,9,11-12H,4-5,8,10H2,1-3H3,(H,18,20)/t12-/m1/s1. The van der Waals surface area contributed by atoms with E-state index in [4.69, 9.17) is 16.3 Å². The van der Waals surface area contributed by atoms with E-state index in [1.807, 2.05) is 13.8 Å². The van der Waals surface area contributed by atoms with E-state index in [-0.39, 0.29) is 34.3 Å². The van der Waals surface area contributed by atoms with Crippen molar-refractivity contribution < 1.29 is 17.9 Å². The lowest BCUT2D eigenvalue weighted by Crippen LogP contribution is -2.46. The molecule has 24 heavy (non-hydrogen) atoms. The van der Waals surface area contributed by atoms with E-state index in [0.29, 0.717) is 25.1 Å². The van der Waals surface area contributed by atoms with Crippen molar-refractivity contribution in [2.24, 2.45) is 5.92 Å². The van der Waals surface area contributed by atoms with Gasteiger partial charge in [-0.25, -0.2) is 8.42 Å². The van der Waals surface area contributed by atoms with Crippen LogP contribution in [-0.2, 0) is 14.8 Å². The van der Waals surface area contributed by atoms with E-state index in [1.165, 1.54) is 29.6 Å². The summed E-state index contributed by atoms with van der Waals surface area (Å²) in [5.41, 5.74) is 0. The Morgan fingerprint density at radius 1 is 1.42 bits per heavy atom. The van der Waals surface area contributed by atoms with E-state index in [0.717, 1.165) is 0 Å². The molecule has 6 nitrogen and oxygen atoms in total. The van der Waals surface area contributed by atoms with Crippen molar-refractivity contribution in [1.82, 2.24) is 9.62 Å². The van der Waals surface area contributed by atoms with Crippen LogP contribution in [0, 0.1) is 5.92 Å². The van der Waals surface area contributed by atoms with Gasteiger partial charge in [-0.1, -0.05) is 11.6 Å². The summed E-state index contributed by atoms with van der Waals surface area (Å²) in [6.45, 7) is 4.35. The number of ether oxygens (including phenoxy) is 1. The van der Waals surface area contributed by atoms with Crippen LogP contribution < -0.4 is 10.1 Å². The second-order valence-electron chi connectivity index (χ2n) is 6.16. The average molecular weight is 375 g/mol. The van der Waals surface area contributed by atoms with E-state index in [9.17, 15) is 13.2 Å². The molecule has 1 amide bonds. The molecule has 0 bridgehead atoms. The van der Waals surface area contributed by atoms with E-state index in [2.05, 4.69) is 5.32 Å². The number of rotatable bonds is 5. The number of hydrogen-bond donors (Lipinski definition) is 1. The SMILES string of the molecule is COc1ccc(S(=O)(=O)N2CCC[C@@H](C(=O)NC(C)C)C2)cc1Cl. The summed E-state index contributed by atoms with van der Waals surface area (Å²) in [5, 5.41) is 3.09. The van der Waals surface area contributed by atoms with Crippen molar-refractivity contribution >= 4 is 27.5 Å². The molecular weight excluding hydrogens is 352 g/mol. The Bertz CT molecular complexity index is 706. The molecule has 0 saturated carbocycles. The molecule has 0 aromatic heterocycles. The van der Waals surface area contributed by atoms with Gasteiger partial charge in [-0.15, -0.1) is 0 Å². The summed E-state index contributed by atoms with van der Waals surface area (Å²) in [6, 6.07) is 4.41. The van der Waals surface area contributed by atoms with Gasteiger partial charge in [-0.3, -0.25) is 4.79 Å². The molecular formula is C16H23ClN2O4S. The van der Waals surface area contributed by atoms with Gasteiger partial charge >= 0.3 is 0 Å². The van der Waals surface area contributed by atoms with Crippen molar-refractivity contribution in [3.05, 3.63) is 23.2 Å². The van der Waals surface area contributed by atoms with Crippen molar-refractivity contribution in [2.45, 2.75) is 37.6 Å². The quantitative estimate of drug-likeness (QED) is 0.857. The summed E-state index contributed by atoms with van der Waals surface area (Å²) in [5.74, 6) is -0.00856. The normalized spacial score (nSPS) is 19.3. The third kappa shape index (κ3) is 4.20. The number of nitrogens with zero attached hydrogens (tertiary/aromatic N) is 1. The second-order valence-corrected chi connectivity index (χ2v) is 8.51. The molecule has 1 saturated heterocycles. The van der Waals surface area contributed by atoms with E-state index < -0.39 is 10.0 Å². The summed E-state index contributed by atoms with van der Waals surface area (Å²) in [4.78, 5) is 12.3. The van der Waals surface area contributed by atoms with Gasteiger partial charge in [0.05, 0.1) is 22.9 Å². The lowest BCUT2D eigenvalue weighted by Gasteiger charge is -2.31. The van der Waals surface area contributed by atoms with Gasteiger partial charge < -0.3 is 10.1 Å². The molecule has 1 aliphatic rings. The van der Waals surface area contributed by atoms with Crippen LogP contribution in [0.25, 0.3) is 0 Å². The third-order valence-corrected chi connectivity index (χ3v) is 6.10. The van der Waals surface area contributed by atoms with Crippen LogP contribution in [0.3, 0.4) is 0 Å². The lowest BCUT2D eigenvalue weighted by atomic mass is 9.98. The highest BCUT2D eigenvalue weighted by molar-refractivity contribution is 7.89. The van der Waals surface area contributed by atoms with E-state index >= 15 is 0 Å². The number of carbonyl (C=O) groups excluding carboxylic acids is 1. The number of piperidine rings is 1. The first-order valence-corrected chi connectivity index (χ1v) is 9.71. The Morgan fingerprint density at radius 3 is 2.71 bits per heavy atom. The number of carbonyl (C=O) groups is 1. The highest BCUT2D eigenvalue weighted by Crippen LogP contribution is 2.30. The van der Waals surface area contributed by atoms with Crippen LogP contribution in [0.5, 0.6) is 5.75 Å². The maximum atomic E-state index is 12.8. The van der Waals surface area contributed by atoms with Gasteiger partial charge in [0.15, 0.2) is 0 Å². The fourth-order valence-electron chi connectivity index (χ4n) is 2.73. The molecule has 0 unspecified atom stereocenters.